The summed E-state index contributed by atoms with van der Waals surface area (Å²) in [5, 5.41) is 2.92. The zero-order valence-corrected chi connectivity index (χ0v) is 16.6. The number of likely N-dealkylation sites (tertiary alicyclic amines) is 1. The van der Waals surface area contributed by atoms with Crippen LogP contribution in [0.2, 0.25) is 0 Å². The Morgan fingerprint density at radius 2 is 1.93 bits per heavy atom. The van der Waals surface area contributed by atoms with E-state index in [1.165, 1.54) is 12.8 Å². The Balaban J connectivity index is 1.89. The van der Waals surface area contributed by atoms with E-state index in [-0.39, 0.29) is 11.8 Å². The van der Waals surface area contributed by atoms with Crippen LogP contribution in [-0.2, 0) is 20.8 Å². The molecule has 1 saturated heterocycles. The molecule has 1 heterocycles. The normalized spacial score (nSPS) is 20.5. The summed E-state index contributed by atoms with van der Waals surface area (Å²) in [5.41, 5.74) is 0.116. The van der Waals surface area contributed by atoms with Crippen LogP contribution >= 0.6 is 0 Å². The van der Waals surface area contributed by atoms with Crippen LogP contribution in [0.4, 0.5) is 0 Å². The van der Waals surface area contributed by atoms with Gasteiger partial charge in [-0.3, -0.25) is 9.59 Å². The van der Waals surface area contributed by atoms with Crippen molar-refractivity contribution in [2.75, 3.05) is 6.54 Å². The molecule has 1 N–H and O–H groups in total. The molecule has 2 atom stereocenters. The first-order valence-electron chi connectivity index (χ1n) is 10.1. The van der Waals surface area contributed by atoms with Crippen LogP contribution in [0.25, 0.3) is 0 Å². The topological polar surface area (TPSA) is 66.5 Å². The Kier molecular flexibility index (Phi) is 8.01. The van der Waals surface area contributed by atoms with Crippen molar-refractivity contribution in [3.8, 4) is 0 Å². The van der Waals surface area contributed by atoms with E-state index < -0.39 is 11.6 Å². The maximum atomic E-state index is 12.9. The number of nitrogens with one attached hydrogen (secondary N) is 1. The third kappa shape index (κ3) is 5.91. The van der Waals surface area contributed by atoms with Gasteiger partial charge < -0.3 is 15.0 Å². The molecule has 148 valence electrons. The van der Waals surface area contributed by atoms with Gasteiger partial charge in [-0.05, 0) is 31.7 Å². The average Bonchev–Trinajstić information content (AvgIpc) is 2.95. The first-order chi connectivity index (χ1) is 13.0. The monoisotopic (exact) mass is 372 g/mol. The summed E-state index contributed by atoms with van der Waals surface area (Å²) in [5.74, 6) is -0.232. The van der Waals surface area contributed by atoms with Crippen LogP contribution < -0.4 is 5.32 Å². The average molecular weight is 373 g/mol. The predicted molar refractivity (Wildman–Crippen MR) is 106 cm³/mol. The first-order valence-corrected chi connectivity index (χ1v) is 10.1. The zero-order valence-electron chi connectivity index (χ0n) is 16.6. The quantitative estimate of drug-likeness (QED) is 0.479. The van der Waals surface area contributed by atoms with Gasteiger partial charge in [0.05, 0.1) is 6.04 Å². The van der Waals surface area contributed by atoms with Crippen molar-refractivity contribution in [3.63, 3.8) is 0 Å². The van der Waals surface area contributed by atoms with Gasteiger partial charge >= 0.3 is 0 Å². The minimum Gasteiger partial charge on any atom is -0.342 e. The van der Waals surface area contributed by atoms with E-state index in [2.05, 4.69) is 12.2 Å². The highest BCUT2D eigenvalue weighted by Crippen LogP contribution is 2.25. The lowest BCUT2D eigenvalue weighted by atomic mass is 9.99. The third-order valence-corrected chi connectivity index (χ3v) is 5.35. The van der Waals surface area contributed by atoms with E-state index in [1.807, 2.05) is 30.3 Å². The molecule has 0 spiro atoms. The van der Waals surface area contributed by atoms with Crippen LogP contribution in [0.5, 0.6) is 0 Å². The first kappa shape index (κ1) is 21.1. The zero-order chi connectivity index (χ0) is 19.7. The van der Waals surface area contributed by atoms with Crippen molar-refractivity contribution in [3.05, 3.63) is 35.9 Å². The summed E-state index contributed by atoms with van der Waals surface area (Å²) in [6.45, 7) is 4.42. The second-order valence-electron chi connectivity index (χ2n) is 7.69. The Labute approximate surface area is 162 Å². The van der Waals surface area contributed by atoms with Crippen LogP contribution in [0, 0.1) is 0 Å². The fraction of sp³-hybridized carbons (Fsp3) is 0.591. The fourth-order valence-electron chi connectivity index (χ4n) is 3.65. The minimum atomic E-state index is -0.904. The molecule has 1 aromatic carbocycles. The second-order valence-corrected chi connectivity index (χ2v) is 7.69. The van der Waals surface area contributed by atoms with Crippen molar-refractivity contribution < 1.29 is 14.4 Å². The maximum Gasteiger partial charge on any atom is 0.248 e. The molecule has 1 aromatic rings. The molecule has 0 saturated carbocycles. The van der Waals surface area contributed by atoms with Gasteiger partial charge in [-0.2, -0.15) is 0 Å². The second kappa shape index (κ2) is 10.2. The summed E-state index contributed by atoms with van der Waals surface area (Å²) < 4.78 is 0. The van der Waals surface area contributed by atoms with Gasteiger partial charge in [0.1, 0.15) is 11.8 Å². The predicted octanol–water partition coefficient (Wildman–Crippen LogP) is 3.26. The van der Waals surface area contributed by atoms with Crippen LogP contribution in [0.15, 0.2) is 30.3 Å². The van der Waals surface area contributed by atoms with E-state index in [9.17, 15) is 14.4 Å². The summed E-state index contributed by atoms with van der Waals surface area (Å²) in [6, 6.07) is 9.19. The lowest BCUT2D eigenvalue weighted by Crippen LogP contribution is -2.53. The molecular formula is C22H32N2O3. The van der Waals surface area contributed by atoms with Gasteiger partial charge in [-0.15, -0.1) is 0 Å². The highest BCUT2D eigenvalue weighted by atomic mass is 16.2. The SMILES string of the molecule is CCCCCCCC(=O)NC1(C)CCN(C(C=O)Cc2ccccc2)C1=O. The third-order valence-electron chi connectivity index (χ3n) is 5.35. The van der Waals surface area contributed by atoms with Gasteiger partial charge in [0, 0.05) is 13.0 Å². The van der Waals surface area contributed by atoms with Gasteiger partial charge in [0.2, 0.25) is 11.8 Å². The van der Waals surface area contributed by atoms with Crippen LogP contribution in [0.1, 0.15) is 64.4 Å². The summed E-state index contributed by atoms with van der Waals surface area (Å²) in [6.07, 6.45) is 7.74. The number of aldehydes is 1. The maximum absolute atomic E-state index is 12.9. The van der Waals surface area contributed by atoms with E-state index in [0.717, 1.165) is 31.1 Å². The summed E-state index contributed by atoms with van der Waals surface area (Å²) >= 11 is 0. The molecule has 5 heteroatoms. The van der Waals surface area contributed by atoms with Crippen LogP contribution in [0.3, 0.4) is 0 Å². The molecule has 1 aliphatic rings. The molecule has 2 amide bonds. The molecule has 0 aliphatic carbocycles. The van der Waals surface area contributed by atoms with Crippen molar-refractivity contribution in [1.29, 1.82) is 0 Å². The Morgan fingerprint density at radius 3 is 2.59 bits per heavy atom. The summed E-state index contributed by atoms with van der Waals surface area (Å²) in [4.78, 5) is 38.4. The Morgan fingerprint density at radius 1 is 1.22 bits per heavy atom. The number of amides is 2. The van der Waals surface area contributed by atoms with Gasteiger partial charge in [0.25, 0.3) is 0 Å². The molecule has 0 aromatic heterocycles. The molecule has 5 nitrogen and oxygen atoms in total. The van der Waals surface area contributed by atoms with Gasteiger partial charge in [0.15, 0.2) is 0 Å². The number of nitrogens with zero attached hydrogens (tertiary/aromatic N) is 1. The lowest BCUT2D eigenvalue weighted by Gasteiger charge is -2.28. The molecule has 0 radical (unpaired) electrons. The van der Waals surface area contributed by atoms with Crippen molar-refractivity contribution >= 4 is 18.1 Å². The number of hydrogen-bond acceptors (Lipinski definition) is 3. The Bertz CT molecular complexity index is 632. The number of benzene rings is 1. The molecule has 0 bridgehead atoms. The largest absolute Gasteiger partial charge is 0.342 e. The van der Waals surface area contributed by atoms with E-state index in [4.69, 9.17) is 0 Å². The highest BCUT2D eigenvalue weighted by Gasteiger charge is 2.45. The van der Waals surface area contributed by atoms with Crippen molar-refractivity contribution in [2.24, 2.45) is 0 Å². The molecule has 2 rings (SSSR count). The smallest absolute Gasteiger partial charge is 0.248 e. The van der Waals surface area contributed by atoms with Crippen molar-refractivity contribution in [1.82, 2.24) is 10.2 Å². The number of carbonyl (C=O) groups excluding carboxylic acids is 3. The molecule has 1 fully saturated rings. The van der Waals surface area contributed by atoms with Gasteiger partial charge in [-0.25, -0.2) is 0 Å². The Hall–Kier alpha value is -2.17. The number of rotatable bonds is 11. The van der Waals surface area contributed by atoms with E-state index >= 15 is 0 Å². The molecule has 27 heavy (non-hydrogen) atoms. The molecule has 2 unspecified atom stereocenters. The van der Waals surface area contributed by atoms with Crippen LogP contribution in [-0.4, -0.2) is 41.1 Å². The molecule has 1 aliphatic heterocycles. The van der Waals surface area contributed by atoms with Gasteiger partial charge in [-0.1, -0.05) is 62.9 Å². The fourth-order valence-corrected chi connectivity index (χ4v) is 3.65. The van der Waals surface area contributed by atoms with E-state index in [0.29, 0.717) is 25.8 Å². The number of hydrogen-bond donors (Lipinski definition) is 1. The standard InChI is InChI=1S/C22H32N2O3/c1-3-4-5-6-10-13-20(26)23-22(2)14-15-24(21(22)27)19(17-25)16-18-11-8-7-9-12-18/h7-9,11-12,17,19H,3-6,10,13-16H2,1-2H3,(H,23,26). The lowest BCUT2D eigenvalue weighted by molar-refractivity contribution is -0.139. The summed E-state index contributed by atoms with van der Waals surface area (Å²) in [7, 11) is 0. The minimum absolute atomic E-state index is 0.0742. The number of carbonyl (C=O) groups is 3. The van der Waals surface area contributed by atoms with E-state index in [1.54, 1.807) is 11.8 Å². The molecular weight excluding hydrogens is 340 g/mol. The highest BCUT2D eigenvalue weighted by molar-refractivity contribution is 5.94. The van der Waals surface area contributed by atoms with Crippen molar-refractivity contribution in [2.45, 2.75) is 76.8 Å². The number of unbranched alkanes of at least 4 members (excludes halogenated alkanes) is 4.